The van der Waals surface area contributed by atoms with Crippen molar-refractivity contribution < 1.29 is 22.4 Å². The van der Waals surface area contributed by atoms with Gasteiger partial charge in [0.1, 0.15) is 18.4 Å². The Bertz CT molecular complexity index is 1630. The molecule has 44 heavy (non-hydrogen) atoms. The van der Waals surface area contributed by atoms with E-state index >= 15 is 0 Å². The number of aryl methyl sites for hydroxylation is 1. The predicted molar refractivity (Wildman–Crippen MR) is 171 cm³/mol. The van der Waals surface area contributed by atoms with Gasteiger partial charge in [0.05, 0.1) is 10.6 Å². The first-order valence-electron chi connectivity index (χ1n) is 14.6. The topological polar surface area (TPSA) is 86.8 Å². The van der Waals surface area contributed by atoms with E-state index in [9.17, 15) is 22.4 Å². The highest BCUT2D eigenvalue weighted by atomic mass is 32.2. The second-order valence-electron chi connectivity index (χ2n) is 10.8. The van der Waals surface area contributed by atoms with Crippen LogP contribution in [0, 0.1) is 12.7 Å². The van der Waals surface area contributed by atoms with Crippen molar-refractivity contribution in [2.24, 2.45) is 0 Å². The lowest BCUT2D eigenvalue weighted by molar-refractivity contribution is -0.140. The third kappa shape index (κ3) is 8.32. The van der Waals surface area contributed by atoms with Crippen LogP contribution in [0.2, 0.25) is 0 Å². The van der Waals surface area contributed by atoms with Crippen LogP contribution in [0.15, 0.2) is 114 Å². The number of nitrogens with zero attached hydrogens (tertiary/aromatic N) is 2. The monoisotopic (exact) mass is 615 g/mol. The van der Waals surface area contributed by atoms with Gasteiger partial charge < -0.3 is 10.2 Å². The Morgan fingerprint density at radius 3 is 2.00 bits per heavy atom. The van der Waals surface area contributed by atoms with Crippen LogP contribution >= 0.6 is 0 Å². The summed E-state index contributed by atoms with van der Waals surface area (Å²) in [5.74, 6) is -1.36. The zero-order valence-corrected chi connectivity index (χ0v) is 26.0. The van der Waals surface area contributed by atoms with Crippen LogP contribution < -0.4 is 9.62 Å². The van der Waals surface area contributed by atoms with Crippen LogP contribution in [0.5, 0.6) is 0 Å². The van der Waals surface area contributed by atoms with Gasteiger partial charge in [-0.2, -0.15) is 0 Å². The first-order chi connectivity index (χ1) is 21.1. The molecule has 0 saturated carbocycles. The maximum absolute atomic E-state index is 14.4. The van der Waals surface area contributed by atoms with Crippen LogP contribution in [0.3, 0.4) is 0 Å². The van der Waals surface area contributed by atoms with E-state index in [1.807, 2.05) is 51.1 Å². The Labute approximate surface area is 259 Å². The summed E-state index contributed by atoms with van der Waals surface area (Å²) in [6.07, 6.45) is 0.887. The minimum absolute atomic E-state index is 0.0301. The molecular formula is C35H38FN3O4S. The molecule has 4 aromatic rings. The molecule has 0 saturated heterocycles. The fraction of sp³-hybridized carbons (Fsp3) is 0.257. The number of hydrogen-bond acceptors (Lipinski definition) is 4. The third-order valence-corrected chi connectivity index (χ3v) is 9.26. The van der Waals surface area contributed by atoms with Gasteiger partial charge in [-0.15, -0.1) is 0 Å². The smallest absolute Gasteiger partial charge is 0.264 e. The quantitative estimate of drug-likeness (QED) is 0.203. The molecule has 4 aromatic carbocycles. The second-order valence-corrected chi connectivity index (χ2v) is 12.7. The third-order valence-electron chi connectivity index (χ3n) is 7.47. The van der Waals surface area contributed by atoms with E-state index in [-0.39, 0.29) is 29.8 Å². The van der Waals surface area contributed by atoms with Gasteiger partial charge in [-0.3, -0.25) is 13.9 Å². The van der Waals surface area contributed by atoms with E-state index in [1.165, 1.54) is 29.2 Å². The minimum atomic E-state index is -4.17. The van der Waals surface area contributed by atoms with Crippen molar-refractivity contribution in [3.8, 4) is 0 Å². The number of carbonyl (C=O) groups excluding carboxylic acids is 2. The number of anilines is 1. The number of halogens is 1. The Morgan fingerprint density at radius 1 is 0.818 bits per heavy atom. The molecular weight excluding hydrogens is 577 g/mol. The molecule has 0 aliphatic carbocycles. The molecule has 0 radical (unpaired) electrons. The van der Waals surface area contributed by atoms with Crippen LogP contribution in [-0.2, 0) is 32.6 Å². The molecule has 4 rings (SSSR count). The molecule has 7 nitrogen and oxygen atoms in total. The van der Waals surface area contributed by atoms with Crippen LogP contribution in [0.25, 0.3) is 0 Å². The predicted octanol–water partition coefficient (Wildman–Crippen LogP) is 5.88. The van der Waals surface area contributed by atoms with E-state index in [1.54, 1.807) is 54.6 Å². The largest absolute Gasteiger partial charge is 0.352 e. The van der Waals surface area contributed by atoms with Crippen LogP contribution in [-0.4, -0.2) is 43.8 Å². The van der Waals surface area contributed by atoms with Crippen molar-refractivity contribution in [1.82, 2.24) is 10.2 Å². The highest BCUT2D eigenvalue weighted by Gasteiger charge is 2.35. The molecule has 0 spiro atoms. The van der Waals surface area contributed by atoms with Gasteiger partial charge in [0, 0.05) is 19.0 Å². The van der Waals surface area contributed by atoms with Gasteiger partial charge >= 0.3 is 0 Å². The molecule has 2 atom stereocenters. The summed E-state index contributed by atoms with van der Waals surface area (Å²) in [5, 5.41) is 3.00. The fourth-order valence-corrected chi connectivity index (χ4v) is 6.18. The second kappa shape index (κ2) is 14.8. The standard InChI is InChI=1S/C35H38FN3O4S/c1-4-27(3)37-35(41)33(23-28-11-7-5-8-12-28)38(24-29-17-19-30(36)20-18-29)34(40)25-39(31-21-15-26(2)16-22-31)44(42,43)32-13-9-6-10-14-32/h5-22,27,33H,4,23-25H2,1-3H3,(H,37,41)/t27-,33+/m0/s1. The van der Waals surface area contributed by atoms with Crippen LogP contribution in [0.1, 0.15) is 37.0 Å². The Balaban J connectivity index is 1.79. The van der Waals surface area contributed by atoms with Gasteiger partial charge in [0.2, 0.25) is 11.8 Å². The summed E-state index contributed by atoms with van der Waals surface area (Å²) < 4.78 is 42.8. The normalized spacial score (nSPS) is 12.6. The molecule has 0 heterocycles. The molecule has 230 valence electrons. The maximum Gasteiger partial charge on any atom is 0.264 e. The van der Waals surface area contributed by atoms with E-state index in [0.717, 1.165) is 15.4 Å². The van der Waals surface area contributed by atoms with Gasteiger partial charge in [0.15, 0.2) is 0 Å². The van der Waals surface area contributed by atoms with Gasteiger partial charge in [-0.25, -0.2) is 12.8 Å². The lowest BCUT2D eigenvalue weighted by Crippen LogP contribution is -2.54. The Morgan fingerprint density at radius 2 is 1.41 bits per heavy atom. The highest BCUT2D eigenvalue weighted by molar-refractivity contribution is 7.92. The van der Waals surface area contributed by atoms with Gasteiger partial charge in [0.25, 0.3) is 10.0 Å². The van der Waals surface area contributed by atoms with Crippen molar-refractivity contribution in [3.05, 3.63) is 132 Å². The number of sulfonamides is 1. The average Bonchev–Trinajstić information content (AvgIpc) is 3.03. The molecule has 0 aromatic heterocycles. The number of nitrogens with one attached hydrogen (secondary N) is 1. The number of hydrogen-bond donors (Lipinski definition) is 1. The Kier molecular flexibility index (Phi) is 10.9. The van der Waals surface area contributed by atoms with E-state index in [2.05, 4.69) is 5.32 Å². The number of benzene rings is 4. The molecule has 2 amide bonds. The summed E-state index contributed by atoms with van der Waals surface area (Å²) in [5.41, 5.74) is 2.68. The summed E-state index contributed by atoms with van der Waals surface area (Å²) in [6, 6.07) is 28.7. The molecule has 0 aliphatic rings. The minimum Gasteiger partial charge on any atom is -0.352 e. The molecule has 0 unspecified atom stereocenters. The lowest BCUT2D eigenvalue weighted by Gasteiger charge is -2.34. The summed E-state index contributed by atoms with van der Waals surface area (Å²) in [4.78, 5) is 29.7. The van der Waals surface area contributed by atoms with Crippen molar-refractivity contribution in [3.63, 3.8) is 0 Å². The summed E-state index contributed by atoms with van der Waals surface area (Å²) in [6.45, 7) is 5.14. The van der Waals surface area contributed by atoms with Gasteiger partial charge in [-0.05, 0) is 67.8 Å². The lowest BCUT2D eigenvalue weighted by atomic mass is 10.0. The van der Waals surface area contributed by atoms with Crippen molar-refractivity contribution in [2.75, 3.05) is 10.8 Å². The average molecular weight is 616 g/mol. The first kappa shape index (κ1) is 32.4. The Hall–Kier alpha value is -4.50. The van der Waals surface area contributed by atoms with E-state index in [0.29, 0.717) is 17.7 Å². The molecule has 0 fully saturated rings. The maximum atomic E-state index is 14.4. The van der Waals surface area contributed by atoms with Crippen LogP contribution in [0.4, 0.5) is 10.1 Å². The zero-order valence-electron chi connectivity index (χ0n) is 25.2. The highest BCUT2D eigenvalue weighted by Crippen LogP contribution is 2.25. The SMILES string of the molecule is CC[C@H](C)NC(=O)[C@@H](Cc1ccccc1)N(Cc1ccc(F)cc1)C(=O)CN(c1ccc(C)cc1)S(=O)(=O)c1ccccc1. The fourth-order valence-electron chi connectivity index (χ4n) is 4.74. The van der Waals surface area contributed by atoms with E-state index in [4.69, 9.17) is 0 Å². The van der Waals surface area contributed by atoms with E-state index < -0.39 is 34.3 Å². The number of carbonyl (C=O) groups is 2. The number of rotatable bonds is 13. The van der Waals surface area contributed by atoms with Crippen molar-refractivity contribution in [2.45, 2.75) is 57.1 Å². The molecule has 0 bridgehead atoms. The van der Waals surface area contributed by atoms with Crippen molar-refractivity contribution in [1.29, 1.82) is 0 Å². The first-order valence-corrected chi connectivity index (χ1v) is 16.0. The summed E-state index contributed by atoms with van der Waals surface area (Å²) >= 11 is 0. The summed E-state index contributed by atoms with van der Waals surface area (Å²) in [7, 11) is -4.17. The molecule has 0 aliphatic heterocycles. The zero-order chi connectivity index (χ0) is 31.7. The van der Waals surface area contributed by atoms with Gasteiger partial charge in [-0.1, -0.05) is 85.3 Å². The molecule has 9 heteroatoms. The number of amides is 2. The molecule has 1 N–H and O–H groups in total. The van der Waals surface area contributed by atoms with Crippen molar-refractivity contribution >= 4 is 27.5 Å².